The number of nitrogens with one attached hydrogen (secondary N) is 1. The molecule has 22 heavy (non-hydrogen) atoms. The number of aromatic amines is 1. The Morgan fingerprint density at radius 3 is 2.41 bits per heavy atom. The molecule has 2 heterocycles. The fourth-order valence-corrected chi connectivity index (χ4v) is 1.90. The first kappa shape index (κ1) is 13.7. The van der Waals surface area contributed by atoms with Gasteiger partial charge >= 0.3 is 5.97 Å². The number of carbonyl (C=O) groups excluding carboxylic acids is 1. The molecule has 0 unspecified atom stereocenters. The van der Waals surface area contributed by atoms with Crippen LogP contribution in [0.2, 0.25) is 0 Å². The van der Waals surface area contributed by atoms with Crippen molar-refractivity contribution in [3.8, 4) is 22.8 Å². The monoisotopic (exact) mass is 296 g/mol. The summed E-state index contributed by atoms with van der Waals surface area (Å²) in [6, 6.07) is 11.2. The number of benzene rings is 1. The highest BCUT2D eigenvalue weighted by Crippen LogP contribution is 2.25. The summed E-state index contributed by atoms with van der Waals surface area (Å²) >= 11 is 0. The molecule has 0 aliphatic carbocycles. The Kier molecular flexibility index (Phi) is 3.78. The zero-order chi connectivity index (χ0) is 15.4. The molecular formula is C15H12N4O3. The lowest BCUT2D eigenvalue weighted by molar-refractivity contribution is 0.0591. The fourth-order valence-electron chi connectivity index (χ4n) is 1.90. The molecule has 0 fully saturated rings. The van der Waals surface area contributed by atoms with Gasteiger partial charge < -0.3 is 9.47 Å². The van der Waals surface area contributed by atoms with Crippen molar-refractivity contribution in [3.05, 3.63) is 54.5 Å². The predicted molar refractivity (Wildman–Crippen MR) is 77.5 cm³/mol. The zero-order valence-corrected chi connectivity index (χ0v) is 11.7. The first-order valence-corrected chi connectivity index (χ1v) is 6.45. The third-order valence-corrected chi connectivity index (χ3v) is 2.99. The van der Waals surface area contributed by atoms with Crippen molar-refractivity contribution in [2.24, 2.45) is 0 Å². The Morgan fingerprint density at radius 2 is 1.73 bits per heavy atom. The second-order valence-corrected chi connectivity index (χ2v) is 4.35. The Labute approximate surface area is 125 Å². The summed E-state index contributed by atoms with van der Waals surface area (Å²) in [7, 11) is 1.27. The van der Waals surface area contributed by atoms with Gasteiger partial charge in [-0.05, 0) is 35.4 Å². The summed E-state index contributed by atoms with van der Waals surface area (Å²) in [4.78, 5) is 15.5. The molecule has 7 heteroatoms. The Morgan fingerprint density at radius 1 is 1.05 bits per heavy atom. The van der Waals surface area contributed by atoms with Crippen LogP contribution in [-0.2, 0) is 4.74 Å². The molecule has 110 valence electrons. The minimum absolute atomic E-state index is 0.0701. The second kappa shape index (κ2) is 6.04. The molecule has 7 nitrogen and oxygen atoms in total. The van der Waals surface area contributed by atoms with E-state index in [0.717, 1.165) is 11.1 Å². The summed E-state index contributed by atoms with van der Waals surface area (Å²) < 4.78 is 10.2. The molecule has 1 aromatic carbocycles. The van der Waals surface area contributed by atoms with Gasteiger partial charge in [0.1, 0.15) is 5.75 Å². The van der Waals surface area contributed by atoms with E-state index in [9.17, 15) is 4.79 Å². The van der Waals surface area contributed by atoms with Crippen molar-refractivity contribution in [3.63, 3.8) is 0 Å². The number of H-pyrrole nitrogens is 1. The SMILES string of the molecule is COC(=O)c1[nH]nnc1Oc1ccc(-c2ccncc2)cc1. The number of hydrogen-bond acceptors (Lipinski definition) is 6. The van der Waals surface area contributed by atoms with Gasteiger partial charge in [-0.2, -0.15) is 0 Å². The van der Waals surface area contributed by atoms with Crippen molar-refractivity contribution in [2.75, 3.05) is 7.11 Å². The Bertz CT molecular complexity index is 769. The van der Waals surface area contributed by atoms with Crippen LogP contribution < -0.4 is 4.74 Å². The number of hydrogen-bond donors (Lipinski definition) is 1. The fraction of sp³-hybridized carbons (Fsp3) is 0.0667. The molecular weight excluding hydrogens is 284 g/mol. The molecule has 0 saturated heterocycles. The number of methoxy groups -OCH3 is 1. The molecule has 0 aliphatic heterocycles. The van der Waals surface area contributed by atoms with Crippen molar-refractivity contribution in [1.82, 2.24) is 20.4 Å². The van der Waals surface area contributed by atoms with E-state index in [1.165, 1.54) is 7.11 Å². The molecule has 1 N–H and O–H groups in total. The van der Waals surface area contributed by atoms with Crippen LogP contribution in [0.15, 0.2) is 48.8 Å². The maximum absolute atomic E-state index is 11.5. The van der Waals surface area contributed by atoms with Crippen LogP contribution in [0.4, 0.5) is 0 Å². The number of pyridine rings is 1. The summed E-state index contributed by atoms with van der Waals surface area (Å²) in [5, 5.41) is 9.72. The van der Waals surface area contributed by atoms with Crippen LogP contribution in [0.3, 0.4) is 0 Å². The first-order valence-electron chi connectivity index (χ1n) is 6.45. The van der Waals surface area contributed by atoms with Gasteiger partial charge in [-0.1, -0.05) is 22.4 Å². The summed E-state index contributed by atoms with van der Waals surface area (Å²) in [6.45, 7) is 0. The lowest BCUT2D eigenvalue weighted by Gasteiger charge is -2.05. The maximum Gasteiger partial charge on any atom is 0.361 e. The van der Waals surface area contributed by atoms with Crippen molar-refractivity contribution in [2.45, 2.75) is 0 Å². The third-order valence-electron chi connectivity index (χ3n) is 2.99. The van der Waals surface area contributed by atoms with Crippen LogP contribution in [0.1, 0.15) is 10.5 Å². The highest BCUT2D eigenvalue weighted by atomic mass is 16.5. The van der Waals surface area contributed by atoms with E-state index in [1.54, 1.807) is 24.5 Å². The van der Waals surface area contributed by atoms with E-state index >= 15 is 0 Å². The summed E-state index contributed by atoms with van der Waals surface area (Å²) in [6.07, 6.45) is 3.47. The minimum Gasteiger partial charge on any atom is -0.464 e. The van der Waals surface area contributed by atoms with Crippen LogP contribution in [0, 0.1) is 0 Å². The standard InChI is InChI=1S/C15H12N4O3/c1-21-15(20)13-14(18-19-17-13)22-12-4-2-10(3-5-12)11-6-8-16-9-7-11/h2-9H,1H3,(H,17,18,19). The van der Waals surface area contributed by atoms with E-state index < -0.39 is 5.97 Å². The highest BCUT2D eigenvalue weighted by Gasteiger charge is 2.18. The lowest BCUT2D eigenvalue weighted by atomic mass is 10.1. The van der Waals surface area contributed by atoms with Gasteiger partial charge in [0.15, 0.2) is 0 Å². The number of esters is 1. The van der Waals surface area contributed by atoms with Gasteiger partial charge in [0, 0.05) is 12.4 Å². The number of ether oxygens (including phenoxy) is 2. The van der Waals surface area contributed by atoms with Gasteiger partial charge in [0.2, 0.25) is 5.69 Å². The van der Waals surface area contributed by atoms with Crippen LogP contribution in [-0.4, -0.2) is 33.5 Å². The molecule has 0 amide bonds. The Balaban J connectivity index is 1.80. The van der Waals surface area contributed by atoms with E-state index in [1.807, 2.05) is 24.3 Å². The minimum atomic E-state index is -0.589. The average Bonchev–Trinajstić information content (AvgIpc) is 3.04. The number of aromatic nitrogens is 4. The lowest BCUT2D eigenvalue weighted by Crippen LogP contribution is -2.03. The number of nitrogens with zero attached hydrogens (tertiary/aromatic N) is 3. The van der Waals surface area contributed by atoms with Crippen LogP contribution >= 0.6 is 0 Å². The molecule has 0 atom stereocenters. The summed E-state index contributed by atoms with van der Waals surface area (Å²) in [5.41, 5.74) is 2.15. The number of carbonyl (C=O) groups is 1. The van der Waals surface area contributed by atoms with E-state index in [4.69, 9.17) is 4.74 Å². The Hall–Kier alpha value is -3.22. The second-order valence-electron chi connectivity index (χ2n) is 4.35. The van der Waals surface area contributed by atoms with Crippen LogP contribution in [0.5, 0.6) is 11.6 Å². The smallest absolute Gasteiger partial charge is 0.361 e. The molecule has 0 radical (unpaired) electrons. The molecule has 0 aliphatic rings. The van der Waals surface area contributed by atoms with E-state index in [2.05, 4.69) is 25.1 Å². The van der Waals surface area contributed by atoms with Gasteiger partial charge in [-0.3, -0.25) is 4.98 Å². The molecule has 0 saturated carbocycles. The maximum atomic E-state index is 11.5. The number of rotatable bonds is 4. The predicted octanol–water partition coefficient (Wildman–Crippen LogP) is 2.45. The first-order chi connectivity index (χ1) is 10.8. The van der Waals surface area contributed by atoms with Crippen molar-refractivity contribution < 1.29 is 14.3 Å². The van der Waals surface area contributed by atoms with Gasteiger partial charge in [0.05, 0.1) is 7.11 Å². The molecule has 0 bridgehead atoms. The largest absolute Gasteiger partial charge is 0.464 e. The third kappa shape index (κ3) is 2.78. The van der Waals surface area contributed by atoms with Crippen molar-refractivity contribution >= 4 is 5.97 Å². The normalized spacial score (nSPS) is 10.2. The molecule has 0 spiro atoms. The topological polar surface area (TPSA) is 90.0 Å². The quantitative estimate of drug-likeness (QED) is 0.744. The van der Waals surface area contributed by atoms with E-state index in [-0.39, 0.29) is 11.6 Å². The van der Waals surface area contributed by atoms with Gasteiger partial charge in [-0.15, -0.1) is 0 Å². The van der Waals surface area contributed by atoms with E-state index in [0.29, 0.717) is 5.75 Å². The molecule has 3 rings (SSSR count). The zero-order valence-electron chi connectivity index (χ0n) is 11.7. The van der Waals surface area contributed by atoms with Gasteiger partial charge in [0.25, 0.3) is 5.88 Å². The average molecular weight is 296 g/mol. The molecule has 3 aromatic rings. The molecule has 2 aromatic heterocycles. The van der Waals surface area contributed by atoms with Gasteiger partial charge in [-0.25, -0.2) is 9.89 Å². The van der Waals surface area contributed by atoms with Crippen LogP contribution in [0.25, 0.3) is 11.1 Å². The summed E-state index contributed by atoms with van der Waals surface area (Å²) in [5.74, 6) is 0.0220. The van der Waals surface area contributed by atoms with Crippen molar-refractivity contribution in [1.29, 1.82) is 0 Å². The highest BCUT2D eigenvalue weighted by molar-refractivity contribution is 5.89.